The highest BCUT2D eigenvalue weighted by Gasteiger charge is 2.38. The van der Waals surface area contributed by atoms with E-state index in [-0.39, 0.29) is 11.3 Å². The zero-order chi connectivity index (χ0) is 38.2. The molecule has 2 saturated carbocycles. The Morgan fingerprint density at radius 3 is 1.23 bits per heavy atom. The van der Waals surface area contributed by atoms with E-state index < -0.39 is 29.7 Å². The van der Waals surface area contributed by atoms with Gasteiger partial charge >= 0.3 is 12.5 Å². The van der Waals surface area contributed by atoms with E-state index in [0.717, 1.165) is 71.8 Å². The molecule has 2 aliphatic rings. The molecule has 0 amide bonds. The molecule has 0 spiro atoms. The molecule has 2 fully saturated rings. The van der Waals surface area contributed by atoms with Gasteiger partial charge in [0, 0.05) is 0 Å². The van der Waals surface area contributed by atoms with Crippen LogP contribution in [0, 0.1) is 35.3 Å². The average Bonchev–Trinajstić information content (AvgIpc) is 3.11. The Hall–Kier alpha value is -3.88. The smallest absolute Gasteiger partial charge is 0.406 e. The van der Waals surface area contributed by atoms with E-state index in [0.29, 0.717) is 5.56 Å². The normalized spacial score (nSPS) is 20.7. The molecule has 53 heavy (non-hydrogen) atoms. The van der Waals surface area contributed by atoms with E-state index in [1.807, 2.05) is 24.3 Å². The molecule has 286 valence electrons. The van der Waals surface area contributed by atoms with Crippen LogP contribution in [0.3, 0.4) is 0 Å². The number of rotatable bonds is 9. The van der Waals surface area contributed by atoms with E-state index in [4.69, 9.17) is 0 Å². The second-order valence-electron chi connectivity index (χ2n) is 15.1. The van der Waals surface area contributed by atoms with E-state index in [2.05, 4.69) is 30.7 Å². The number of hydrogen-bond acceptors (Lipinski definition) is 1. The number of hydrogen-bond donors (Lipinski definition) is 0. The van der Waals surface area contributed by atoms with Crippen LogP contribution >= 0.6 is 0 Å². The van der Waals surface area contributed by atoms with Gasteiger partial charge in [0.2, 0.25) is 0 Å². The SMILES string of the molecule is CC1CCC(CCc2ccc(-c3cc(F)c(C(F)(F)F)c(F)c3)cc2)CC1.CC1CCC(CCc2ccc(-c3ccc(OC(F)(F)F)cc3)cc2)CC1. The van der Waals surface area contributed by atoms with Gasteiger partial charge in [0.05, 0.1) is 0 Å². The fourth-order valence-corrected chi connectivity index (χ4v) is 7.56. The second-order valence-corrected chi connectivity index (χ2v) is 15.1. The van der Waals surface area contributed by atoms with Crippen molar-refractivity contribution in [1.82, 2.24) is 0 Å². The van der Waals surface area contributed by atoms with E-state index >= 15 is 0 Å². The first-order valence-corrected chi connectivity index (χ1v) is 18.7. The van der Waals surface area contributed by atoms with Crippen LogP contribution in [0.5, 0.6) is 5.75 Å². The Kier molecular flexibility index (Phi) is 13.7. The molecule has 9 heteroatoms. The van der Waals surface area contributed by atoms with Crippen LogP contribution < -0.4 is 4.74 Å². The van der Waals surface area contributed by atoms with Crippen molar-refractivity contribution in [2.24, 2.45) is 23.7 Å². The fourth-order valence-electron chi connectivity index (χ4n) is 7.56. The van der Waals surface area contributed by atoms with Crippen LogP contribution in [0.1, 0.15) is 94.7 Å². The number of ether oxygens (including phenoxy) is 1. The van der Waals surface area contributed by atoms with Crippen molar-refractivity contribution in [3.8, 4) is 28.0 Å². The van der Waals surface area contributed by atoms with Gasteiger partial charge in [-0.3, -0.25) is 0 Å². The molecule has 2 aliphatic carbocycles. The highest BCUT2D eigenvalue weighted by molar-refractivity contribution is 5.65. The van der Waals surface area contributed by atoms with Gasteiger partial charge in [0.15, 0.2) is 0 Å². The number of alkyl halides is 6. The minimum absolute atomic E-state index is 0.103. The quantitative estimate of drug-likeness (QED) is 0.155. The van der Waals surface area contributed by atoms with Gasteiger partial charge in [-0.05, 0) is 107 Å². The van der Waals surface area contributed by atoms with E-state index in [1.54, 1.807) is 24.3 Å². The van der Waals surface area contributed by atoms with Crippen LogP contribution in [-0.4, -0.2) is 6.36 Å². The Balaban J connectivity index is 0.000000204. The summed E-state index contributed by atoms with van der Waals surface area (Å²) in [6.45, 7) is 4.64. The van der Waals surface area contributed by atoms with Crippen molar-refractivity contribution >= 4 is 0 Å². The molecule has 0 saturated heterocycles. The summed E-state index contributed by atoms with van der Waals surface area (Å²) in [5.41, 5.74) is 3.09. The van der Waals surface area contributed by atoms with Crippen LogP contribution in [0.4, 0.5) is 35.1 Å². The Morgan fingerprint density at radius 2 is 0.868 bits per heavy atom. The minimum Gasteiger partial charge on any atom is -0.406 e. The molecule has 0 bridgehead atoms. The molecule has 6 rings (SSSR count). The first-order valence-electron chi connectivity index (χ1n) is 18.7. The zero-order valence-electron chi connectivity index (χ0n) is 30.3. The monoisotopic (exact) mass is 744 g/mol. The molecule has 4 aromatic carbocycles. The summed E-state index contributed by atoms with van der Waals surface area (Å²) in [6.07, 6.45) is 5.23. The molecule has 0 atom stereocenters. The van der Waals surface area contributed by atoms with Crippen molar-refractivity contribution < 1.29 is 39.9 Å². The number of halogens is 8. The molecule has 1 nitrogen and oxygen atoms in total. The van der Waals surface area contributed by atoms with Gasteiger partial charge in [0.1, 0.15) is 22.9 Å². The predicted octanol–water partition coefficient (Wildman–Crippen LogP) is 14.4. The van der Waals surface area contributed by atoms with E-state index in [9.17, 15) is 35.1 Å². The highest BCUT2D eigenvalue weighted by Crippen LogP contribution is 2.37. The molecular weight excluding hydrogens is 696 g/mol. The van der Waals surface area contributed by atoms with Crippen LogP contribution in [0.2, 0.25) is 0 Å². The van der Waals surface area contributed by atoms with Crippen LogP contribution in [0.15, 0.2) is 84.9 Å². The summed E-state index contributed by atoms with van der Waals surface area (Å²) in [5.74, 6) is -0.0598. The first kappa shape index (κ1) is 40.3. The molecule has 0 N–H and O–H groups in total. The molecule has 0 heterocycles. The van der Waals surface area contributed by atoms with Gasteiger partial charge in [0.25, 0.3) is 0 Å². The molecule has 0 unspecified atom stereocenters. The van der Waals surface area contributed by atoms with Gasteiger partial charge in [-0.2, -0.15) is 13.2 Å². The standard InChI is InChI=1S/C22H23F5.C22H25F3O/c1-14-2-4-15(5-3-14)6-7-16-8-10-17(11-9-16)18-12-19(23)21(20(24)13-18)22(25,26)27;1-16-2-4-17(5-3-16)6-7-18-8-10-19(11-9-18)20-12-14-21(15-13-20)26-22(23,24)25/h8-15H,2-7H2,1H3;8-17H,2-7H2,1H3. The van der Waals surface area contributed by atoms with E-state index in [1.165, 1.54) is 75.5 Å². The lowest BCUT2D eigenvalue weighted by molar-refractivity contribution is -0.274. The van der Waals surface area contributed by atoms with Crippen LogP contribution in [-0.2, 0) is 19.0 Å². The lowest BCUT2D eigenvalue weighted by Crippen LogP contribution is -2.16. The topological polar surface area (TPSA) is 9.23 Å². The van der Waals surface area contributed by atoms with Crippen molar-refractivity contribution in [1.29, 1.82) is 0 Å². The summed E-state index contributed by atoms with van der Waals surface area (Å²) in [5, 5.41) is 0. The Labute approximate surface area is 307 Å². The highest BCUT2D eigenvalue weighted by atomic mass is 19.4. The molecule has 0 aliphatic heterocycles. The lowest BCUT2D eigenvalue weighted by atomic mass is 9.80. The maximum Gasteiger partial charge on any atom is 0.573 e. The second kappa shape index (κ2) is 18.0. The molecule has 4 aromatic rings. The maximum absolute atomic E-state index is 13.8. The largest absolute Gasteiger partial charge is 0.573 e. The van der Waals surface area contributed by atoms with Crippen molar-refractivity contribution in [3.63, 3.8) is 0 Å². The Bertz CT molecular complexity index is 1690. The fraction of sp³-hybridized carbons (Fsp3) is 0.455. The number of aryl methyl sites for hydroxylation is 2. The third-order valence-electron chi connectivity index (χ3n) is 10.9. The van der Waals surface area contributed by atoms with Gasteiger partial charge in [-0.1, -0.05) is 126 Å². The summed E-state index contributed by atoms with van der Waals surface area (Å²) in [4.78, 5) is 0. The average molecular weight is 745 g/mol. The molecule has 0 radical (unpaired) electrons. The lowest BCUT2D eigenvalue weighted by Gasteiger charge is -2.26. The summed E-state index contributed by atoms with van der Waals surface area (Å²) in [7, 11) is 0. The van der Waals surface area contributed by atoms with Gasteiger partial charge in [-0.25, -0.2) is 8.78 Å². The third kappa shape index (κ3) is 12.3. The predicted molar refractivity (Wildman–Crippen MR) is 194 cm³/mol. The van der Waals surface area contributed by atoms with Crippen molar-refractivity contribution in [2.75, 3.05) is 0 Å². The molecular formula is C44H48F8O. The third-order valence-corrected chi connectivity index (χ3v) is 10.9. The first-order chi connectivity index (χ1) is 25.1. The summed E-state index contributed by atoms with van der Waals surface area (Å²) >= 11 is 0. The van der Waals surface area contributed by atoms with Crippen molar-refractivity contribution in [3.05, 3.63) is 113 Å². The summed E-state index contributed by atoms with van der Waals surface area (Å²) < 4.78 is 106. The summed E-state index contributed by atoms with van der Waals surface area (Å²) in [6, 6.07) is 23.0. The Morgan fingerprint density at radius 1 is 0.509 bits per heavy atom. The maximum atomic E-state index is 13.8. The van der Waals surface area contributed by atoms with Gasteiger partial charge in [-0.15, -0.1) is 13.2 Å². The molecule has 0 aromatic heterocycles. The van der Waals surface area contributed by atoms with Crippen LogP contribution in [0.25, 0.3) is 22.3 Å². The van der Waals surface area contributed by atoms with Crippen molar-refractivity contribution in [2.45, 2.75) is 103 Å². The zero-order valence-corrected chi connectivity index (χ0v) is 30.3. The minimum atomic E-state index is -5.05. The number of benzene rings is 4. The van der Waals surface area contributed by atoms with Gasteiger partial charge < -0.3 is 4.74 Å².